The zero-order valence-corrected chi connectivity index (χ0v) is 15.4. The maximum absolute atomic E-state index is 6.49. The van der Waals surface area contributed by atoms with E-state index in [1.165, 1.54) is 19.3 Å². The summed E-state index contributed by atoms with van der Waals surface area (Å²) < 4.78 is 6.08. The van der Waals surface area contributed by atoms with E-state index in [1.807, 2.05) is 0 Å². The highest BCUT2D eigenvalue weighted by molar-refractivity contribution is 6.84. The molecule has 0 heterocycles. The summed E-state index contributed by atoms with van der Waals surface area (Å²) in [4.78, 5) is 0. The van der Waals surface area contributed by atoms with Gasteiger partial charge in [0, 0.05) is 5.38 Å². The van der Waals surface area contributed by atoms with Gasteiger partial charge in [-0.2, -0.15) is 0 Å². The van der Waals surface area contributed by atoms with Gasteiger partial charge in [-0.1, -0.05) is 26.2 Å². The van der Waals surface area contributed by atoms with Crippen LogP contribution in [0, 0.1) is 0 Å². The van der Waals surface area contributed by atoms with Gasteiger partial charge in [0.2, 0.25) is 0 Å². The van der Waals surface area contributed by atoms with Gasteiger partial charge in [-0.3, -0.25) is 0 Å². The largest absolute Gasteiger partial charge is 0.455 e. The minimum Gasteiger partial charge on any atom is -0.455 e. The minimum atomic E-state index is -1.75. The highest BCUT2D eigenvalue weighted by atomic mass is 35.5. The van der Waals surface area contributed by atoms with Crippen LogP contribution >= 0.6 is 23.2 Å². The van der Waals surface area contributed by atoms with E-state index in [0.29, 0.717) is 0 Å². The molecular weight excluding hydrogens is 287 g/mol. The first-order valence-corrected chi connectivity index (χ1v) is 12.8. The summed E-state index contributed by atoms with van der Waals surface area (Å²) in [5.74, 6) is 0. The maximum Gasteiger partial charge on any atom is 0.191 e. The van der Waals surface area contributed by atoms with Crippen LogP contribution in [0.5, 0.6) is 0 Å². The van der Waals surface area contributed by atoms with Crippen molar-refractivity contribution in [1.82, 2.24) is 0 Å². The van der Waals surface area contributed by atoms with Crippen LogP contribution < -0.4 is 0 Å². The summed E-state index contributed by atoms with van der Waals surface area (Å²) in [7, 11) is -2.41. The molecule has 2 unspecified atom stereocenters. The molecule has 0 bridgehead atoms. The van der Waals surface area contributed by atoms with E-state index in [9.17, 15) is 0 Å². The molecule has 1 radical (unpaired) electrons. The second kappa shape index (κ2) is 8.97. The molecule has 103 valence electrons. The maximum atomic E-state index is 6.49. The summed E-state index contributed by atoms with van der Waals surface area (Å²) in [5, 5.41) is 0.343. The number of hydrogen-bond acceptors (Lipinski definition) is 1. The normalized spacial score (nSPS) is 16.2. The van der Waals surface area contributed by atoms with Crippen LogP contribution in [-0.4, -0.2) is 27.7 Å². The average Bonchev–Trinajstić information content (AvgIpc) is 2.15. The zero-order valence-electron chi connectivity index (χ0n) is 11.9. The fourth-order valence-corrected chi connectivity index (χ4v) is 8.59. The van der Waals surface area contributed by atoms with Crippen molar-refractivity contribution in [2.75, 3.05) is 0 Å². The molecule has 0 saturated heterocycles. The highest BCUT2D eigenvalue weighted by Crippen LogP contribution is 2.25. The van der Waals surface area contributed by atoms with Crippen molar-refractivity contribution in [2.24, 2.45) is 0 Å². The van der Waals surface area contributed by atoms with Crippen molar-refractivity contribution >= 4 is 40.6 Å². The molecule has 0 N–H and O–H groups in total. The number of unbranched alkanes of at least 4 members (excludes halogenated alkanes) is 2. The molecule has 17 heavy (non-hydrogen) atoms. The summed E-state index contributed by atoms with van der Waals surface area (Å²) >= 11 is 12.8. The van der Waals surface area contributed by atoms with Gasteiger partial charge in [0.25, 0.3) is 0 Å². The Kier molecular flexibility index (Phi) is 9.48. The highest BCUT2D eigenvalue weighted by Gasteiger charge is 2.34. The van der Waals surface area contributed by atoms with Crippen molar-refractivity contribution in [3.05, 3.63) is 0 Å². The Morgan fingerprint density at radius 2 is 1.76 bits per heavy atom. The quantitative estimate of drug-likeness (QED) is 0.323. The van der Waals surface area contributed by atoms with Gasteiger partial charge in [-0.15, -0.1) is 23.2 Å². The number of rotatable bonds is 9. The molecule has 0 aliphatic heterocycles. The van der Waals surface area contributed by atoms with Gasteiger partial charge < -0.3 is 4.12 Å². The summed E-state index contributed by atoms with van der Waals surface area (Å²) in [6, 6.07) is 0. The second-order valence-electron chi connectivity index (χ2n) is 5.41. The van der Waals surface area contributed by atoms with Gasteiger partial charge in [-0.05, 0) is 39.0 Å². The smallest absolute Gasteiger partial charge is 0.191 e. The third kappa shape index (κ3) is 8.65. The summed E-state index contributed by atoms with van der Waals surface area (Å²) in [6.07, 6.45) is 5.70. The molecule has 1 nitrogen and oxygen atoms in total. The molecule has 0 fully saturated rings. The molecule has 0 aromatic carbocycles. The van der Waals surface area contributed by atoms with Gasteiger partial charge in [0.05, 0.1) is 5.00 Å². The van der Waals surface area contributed by atoms with Crippen LogP contribution in [0.3, 0.4) is 0 Å². The first-order valence-electron chi connectivity index (χ1n) is 6.57. The fourth-order valence-electron chi connectivity index (χ4n) is 1.83. The Hall–Kier alpha value is 0.974. The number of halogens is 2. The van der Waals surface area contributed by atoms with E-state index in [2.05, 4.69) is 33.1 Å². The van der Waals surface area contributed by atoms with Gasteiger partial charge >= 0.3 is 0 Å². The van der Waals surface area contributed by atoms with Gasteiger partial charge in [0.15, 0.2) is 17.4 Å². The third-order valence-corrected chi connectivity index (χ3v) is 10.4. The van der Waals surface area contributed by atoms with Crippen LogP contribution in [0.15, 0.2) is 0 Å². The molecule has 0 aliphatic rings. The van der Waals surface area contributed by atoms with Crippen molar-refractivity contribution in [3.8, 4) is 0 Å². The lowest BCUT2D eigenvalue weighted by Gasteiger charge is -2.31. The monoisotopic (exact) mass is 313 g/mol. The molecule has 5 heteroatoms. The SMILES string of the molecule is CCCCCC(Cl)CC(Cl)[Si](C)(C)O[Si](C)C. The van der Waals surface area contributed by atoms with Crippen molar-refractivity contribution in [1.29, 1.82) is 0 Å². The van der Waals surface area contributed by atoms with Gasteiger partial charge in [0.1, 0.15) is 0 Å². The van der Waals surface area contributed by atoms with Crippen molar-refractivity contribution in [3.63, 3.8) is 0 Å². The Balaban J connectivity index is 4.00. The lowest BCUT2D eigenvalue weighted by Crippen LogP contribution is -2.45. The predicted octanol–water partition coefficient (Wildman–Crippen LogP) is 5.18. The zero-order chi connectivity index (χ0) is 13.5. The van der Waals surface area contributed by atoms with E-state index in [1.54, 1.807) is 0 Å². The van der Waals surface area contributed by atoms with Crippen LogP contribution in [-0.2, 0) is 4.12 Å². The Morgan fingerprint density at radius 3 is 2.24 bits per heavy atom. The molecule has 0 aliphatic carbocycles. The van der Waals surface area contributed by atoms with Crippen molar-refractivity contribution in [2.45, 2.75) is 75.6 Å². The summed E-state index contributed by atoms with van der Waals surface area (Å²) in [5.41, 5.74) is 0. The summed E-state index contributed by atoms with van der Waals surface area (Å²) in [6.45, 7) is 11.0. The van der Waals surface area contributed by atoms with Crippen LogP contribution in [0.4, 0.5) is 0 Å². The molecule has 0 spiro atoms. The topological polar surface area (TPSA) is 9.23 Å². The Morgan fingerprint density at radius 1 is 1.18 bits per heavy atom. The van der Waals surface area contributed by atoms with E-state index in [0.717, 1.165) is 12.8 Å². The number of hydrogen-bond donors (Lipinski definition) is 0. The minimum absolute atomic E-state index is 0.131. The molecular formula is C12H27Cl2OSi2. The van der Waals surface area contributed by atoms with E-state index in [-0.39, 0.29) is 10.4 Å². The van der Waals surface area contributed by atoms with Gasteiger partial charge in [-0.25, -0.2) is 0 Å². The first kappa shape index (κ1) is 18.0. The van der Waals surface area contributed by atoms with Crippen LogP contribution in [0.2, 0.25) is 26.2 Å². The lowest BCUT2D eigenvalue weighted by atomic mass is 10.1. The molecule has 0 aromatic rings. The standard InChI is InChI=1S/C12H27Cl2OSi2/c1-6-7-8-9-11(13)10-12(14)17(4,5)15-16(2)3/h11-12H,6-10H2,1-5H3. The van der Waals surface area contributed by atoms with E-state index < -0.39 is 17.4 Å². The van der Waals surface area contributed by atoms with Crippen molar-refractivity contribution < 1.29 is 4.12 Å². The molecule has 0 amide bonds. The molecule has 0 saturated carbocycles. The number of alkyl halides is 2. The fraction of sp³-hybridized carbons (Fsp3) is 1.00. The second-order valence-corrected chi connectivity index (χ2v) is 13.5. The van der Waals surface area contributed by atoms with E-state index >= 15 is 0 Å². The lowest BCUT2D eigenvalue weighted by molar-refractivity contribution is 0.549. The molecule has 0 aromatic heterocycles. The Labute approximate surface area is 120 Å². The predicted molar refractivity (Wildman–Crippen MR) is 84.1 cm³/mol. The van der Waals surface area contributed by atoms with Crippen LogP contribution in [0.25, 0.3) is 0 Å². The molecule has 2 atom stereocenters. The van der Waals surface area contributed by atoms with E-state index in [4.69, 9.17) is 27.3 Å². The van der Waals surface area contributed by atoms with Crippen LogP contribution in [0.1, 0.15) is 39.0 Å². The average molecular weight is 314 g/mol. The Bertz CT molecular complexity index is 201. The third-order valence-electron chi connectivity index (χ3n) is 2.81. The first-order chi connectivity index (χ1) is 7.79. The molecule has 0 rings (SSSR count).